The van der Waals surface area contributed by atoms with Crippen LogP contribution in [0.3, 0.4) is 0 Å². The Hall–Kier alpha value is -1.89. The second-order valence-electron chi connectivity index (χ2n) is 3.95. The van der Waals surface area contributed by atoms with Gasteiger partial charge >= 0.3 is 0 Å². The molecule has 0 saturated carbocycles. The summed E-state index contributed by atoms with van der Waals surface area (Å²) in [5.74, 6) is 1.19. The van der Waals surface area contributed by atoms with E-state index < -0.39 is 6.10 Å². The lowest BCUT2D eigenvalue weighted by atomic mass is 10.3. The van der Waals surface area contributed by atoms with Gasteiger partial charge in [0.2, 0.25) is 5.95 Å². The Bertz CT molecular complexity index is 585. The van der Waals surface area contributed by atoms with Crippen LogP contribution in [-0.4, -0.2) is 27.2 Å². The van der Waals surface area contributed by atoms with Gasteiger partial charge < -0.3 is 4.74 Å². The first-order valence-corrected chi connectivity index (χ1v) is 6.46. The van der Waals surface area contributed by atoms with Gasteiger partial charge in [0.1, 0.15) is 11.6 Å². The molecular weight excluding hydrogens is 312 g/mol. The molecule has 1 aromatic carbocycles. The van der Waals surface area contributed by atoms with E-state index in [9.17, 15) is 4.79 Å². The van der Waals surface area contributed by atoms with Crippen LogP contribution in [0.2, 0.25) is 0 Å². The third-order valence-electron chi connectivity index (χ3n) is 2.31. The first-order chi connectivity index (χ1) is 9.04. The highest BCUT2D eigenvalue weighted by molar-refractivity contribution is 9.10. The lowest BCUT2D eigenvalue weighted by Gasteiger charge is -2.13. The number of halogens is 1. The minimum absolute atomic E-state index is 0.243. The quantitative estimate of drug-likeness (QED) is 0.904. The van der Waals surface area contributed by atoms with Crippen molar-refractivity contribution >= 4 is 27.8 Å². The maximum absolute atomic E-state index is 11.9. The molecule has 2 rings (SSSR count). The highest BCUT2D eigenvalue weighted by Crippen LogP contribution is 2.19. The molecule has 0 unspecified atom stereocenters. The predicted molar refractivity (Wildman–Crippen MR) is 74.0 cm³/mol. The van der Waals surface area contributed by atoms with Crippen molar-refractivity contribution in [2.75, 3.05) is 5.32 Å². The van der Waals surface area contributed by atoms with Gasteiger partial charge in [-0.15, -0.1) is 5.10 Å². The minimum Gasteiger partial charge on any atom is -0.481 e. The van der Waals surface area contributed by atoms with Crippen LogP contribution >= 0.6 is 15.9 Å². The molecule has 0 radical (unpaired) electrons. The average molecular weight is 325 g/mol. The number of nitrogens with one attached hydrogen (secondary N) is 2. The SMILES string of the molecule is Cc1nc(NC(=O)[C@H](C)Oc2cccc(Br)c2)n[nH]1. The van der Waals surface area contributed by atoms with Gasteiger partial charge in [-0.2, -0.15) is 4.98 Å². The molecule has 2 aromatic rings. The van der Waals surface area contributed by atoms with Gasteiger partial charge in [-0.3, -0.25) is 15.2 Å². The molecule has 0 spiro atoms. The third kappa shape index (κ3) is 3.78. The van der Waals surface area contributed by atoms with E-state index in [0.29, 0.717) is 11.6 Å². The molecule has 0 aliphatic rings. The molecule has 100 valence electrons. The summed E-state index contributed by atoms with van der Waals surface area (Å²) in [5, 5.41) is 9.04. The number of benzene rings is 1. The van der Waals surface area contributed by atoms with Crippen molar-refractivity contribution < 1.29 is 9.53 Å². The highest BCUT2D eigenvalue weighted by Gasteiger charge is 2.16. The summed E-state index contributed by atoms with van der Waals surface area (Å²) in [6.07, 6.45) is -0.645. The smallest absolute Gasteiger partial charge is 0.267 e. The van der Waals surface area contributed by atoms with Gasteiger partial charge in [0.25, 0.3) is 5.91 Å². The molecule has 1 heterocycles. The first kappa shape index (κ1) is 13.5. The van der Waals surface area contributed by atoms with Gasteiger partial charge in [-0.1, -0.05) is 22.0 Å². The molecule has 0 fully saturated rings. The van der Waals surface area contributed by atoms with Crippen molar-refractivity contribution in [3.8, 4) is 5.75 Å². The summed E-state index contributed by atoms with van der Waals surface area (Å²) in [4.78, 5) is 15.9. The average Bonchev–Trinajstić information content (AvgIpc) is 2.74. The summed E-state index contributed by atoms with van der Waals surface area (Å²) in [7, 11) is 0. The summed E-state index contributed by atoms with van der Waals surface area (Å²) in [6.45, 7) is 3.42. The second kappa shape index (κ2) is 5.83. The van der Waals surface area contributed by atoms with Gasteiger partial charge in [0.05, 0.1) is 0 Å². The summed E-state index contributed by atoms with van der Waals surface area (Å²) >= 11 is 3.34. The molecule has 1 aromatic heterocycles. The Morgan fingerprint density at radius 3 is 2.95 bits per heavy atom. The van der Waals surface area contributed by atoms with Crippen LogP contribution in [0.5, 0.6) is 5.75 Å². The Morgan fingerprint density at radius 2 is 2.32 bits per heavy atom. The molecule has 19 heavy (non-hydrogen) atoms. The van der Waals surface area contributed by atoms with Crippen molar-refractivity contribution in [2.24, 2.45) is 0 Å². The van der Waals surface area contributed by atoms with Crippen LogP contribution in [0, 0.1) is 6.92 Å². The largest absolute Gasteiger partial charge is 0.481 e. The van der Waals surface area contributed by atoms with Crippen LogP contribution < -0.4 is 10.1 Å². The molecule has 1 atom stereocenters. The van der Waals surface area contributed by atoms with Crippen molar-refractivity contribution in [1.29, 1.82) is 0 Å². The Balaban J connectivity index is 1.96. The van der Waals surface area contributed by atoms with E-state index in [0.717, 1.165) is 4.47 Å². The van der Waals surface area contributed by atoms with E-state index in [-0.39, 0.29) is 11.9 Å². The molecule has 0 bridgehead atoms. The van der Waals surface area contributed by atoms with Crippen LogP contribution in [-0.2, 0) is 4.79 Å². The van der Waals surface area contributed by atoms with E-state index in [1.165, 1.54) is 0 Å². The minimum atomic E-state index is -0.645. The molecule has 7 heteroatoms. The number of rotatable bonds is 4. The molecule has 0 saturated heterocycles. The fourth-order valence-corrected chi connectivity index (χ4v) is 1.79. The molecule has 1 amide bonds. The zero-order valence-corrected chi connectivity index (χ0v) is 12.1. The zero-order valence-electron chi connectivity index (χ0n) is 10.5. The molecular formula is C12H13BrN4O2. The van der Waals surface area contributed by atoms with E-state index in [1.54, 1.807) is 26.0 Å². The number of nitrogens with zero attached hydrogens (tertiary/aromatic N) is 2. The maximum Gasteiger partial charge on any atom is 0.267 e. The van der Waals surface area contributed by atoms with E-state index >= 15 is 0 Å². The molecule has 6 nitrogen and oxygen atoms in total. The highest BCUT2D eigenvalue weighted by atomic mass is 79.9. The zero-order chi connectivity index (χ0) is 13.8. The third-order valence-corrected chi connectivity index (χ3v) is 2.80. The van der Waals surface area contributed by atoms with Crippen molar-refractivity contribution in [3.63, 3.8) is 0 Å². The van der Waals surface area contributed by atoms with Crippen LogP contribution in [0.15, 0.2) is 28.7 Å². The van der Waals surface area contributed by atoms with Gasteiger partial charge in [-0.25, -0.2) is 0 Å². The number of carbonyl (C=O) groups is 1. The number of aromatic nitrogens is 3. The summed E-state index contributed by atoms with van der Waals surface area (Å²) in [5.41, 5.74) is 0. The normalized spacial score (nSPS) is 11.9. The van der Waals surface area contributed by atoms with Crippen molar-refractivity contribution in [3.05, 3.63) is 34.6 Å². The number of H-pyrrole nitrogens is 1. The van der Waals surface area contributed by atoms with Gasteiger partial charge in [-0.05, 0) is 32.0 Å². The van der Waals surface area contributed by atoms with Crippen molar-refractivity contribution in [2.45, 2.75) is 20.0 Å². The molecule has 2 N–H and O–H groups in total. The van der Waals surface area contributed by atoms with E-state index in [4.69, 9.17) is 4.74 Å². The van der Waals surface area contributed by atoms with E-state index in [2.05, 4.69) is 36.4 Å². The van der Waals surface area contributed by atoms with Crippen LogP contribution in [0.25, 0.3) is 0 Å². The van der Waals surface area contributed by atoms with E-state index in [1.807, 2.05) is 12.1 Å². The Labute approximate surface area is 118 Å². The Kier molecular flexibility index (Phi) is 4.16. The number of anilines is 1. The summed E-state index contributed by atoms with van der Waals surface area (Å²) < 4.78 is 6.42. The monoisotopic (exact) mass is 324 g/mol. The lowest BCUT2D eigenvalue weighted by Crippen LogP contribution is -2.30. The topological polar surface area (TPSA) is 79.9 Å². The molecule has 0 aliphatic carbocycles. The fourth-order valence-electron chi connectivity index (χ4n) is 1.41. The standard InChI is InChI=1S/C12H13BrN4O2/c1-7(19-10-5-3-4-9(13)6-10)11(18)15-12-14-8(2)16-17-12/h3-7H,1-2H3,(H2,14,15,16,17,18)/t7-/m0/s1. The number of carbonyl (C=O) groups excluding carboxylic acids is 1. The fraction of sp³-hybridized carbons (Fsp3) is 0.250. The number of amides is 1. The first-order valence-electron chi connectivity index (χ1n) is 5.66. The second-order valence-corrected chi connectivity index (χ2v) is 4.87. The number of hydrogen-bond acceptors (Lipinski definition) is 4. The van der Waals surface area contributed by atoms with Crippen LogP contribution in [0.1, 0.15) is 12.7 Å². The number of ether oxygens (including phenoxy) is 1. The van der Waals surface area contributed by atoms with Crippen molar-refractivity contribution in [1.82, 2.24) is 15.2 Å². The predicted octanol–water partition coefficient (Wildman–Crippen LogP) is 2.28. The maximum atomic E-state index is 11.9. The number of aryl methyl sites for hydroxylation is 1. The summed E-state index contributed by atoms with van der Waals surface area (Å²) in [6, 6.07) is 7.29. The van der Waals surface area contributed by atoms with Crippen LogP contribution in [0.4, 0.5) is 5.95 Å². The Morgan fingerprint density at radius 1 is 1.53 bits per heavy atom. The lowest BCUT2D eigenvalue weighted by molar-refractivity contribution is -0.122. The molecule has 0 aliphatic heterocycles. The number of aromatic amines is 1. The van der Waals surface area contributed by atoms with Gasteiger partial charge in [0, 0.05) is 4.47 Å². The number of hydrogen-bond donors (Lipinski definition) is 2. The van der Waals surface area contributed by atoms with Gasteiger partial charge in [0.15, 0.2) is 6.10 Å².